The van der Waals surface area contributed by atoms with E-state index in [-0.39, 0.29) is 29.2 Å². The van der Waals surface area contributed by atoms with E-state index >= 15 is 0 Å². The lowest BCUT2D eigenvalue weighted by atomic mass is 9.92. The zero-order valence-corrected chi connectivity index (χ0v) is 10.4. The Kier molecular flexibility index (Phi) is 3.40. The van der Waals surface area contributed by atoms with Crippen molar-refractivity contribution < 1.29 is 13.5 Å². The lowest BCUT2D eigenvalue weighted by molar-refractivity contribution is 0.407. The average molecular weight is 255 g/mol. The summed E-state index contributed by atoms with van der Waals surface area (Å²) in [6.45, 7) is 0. The molecule has 1 aliphatic rings. The SMILES string of the molecule is NC1CCS(=O)(=O)CC1Cc1ccccc1O. The van der Waals surface area contributed by atoms with Crippen LogP contribution in [0, 0.1) is 5.92 Å². The highest BCUT2D eigenvalue weighted by Gasteiger charge is 2.31. The number of hydrogen-bond donors (Lipinski definition) is 2. The fourth-order valence-corrected chi connectivity index (χ4v) is 4.08. The molecule has 17 heavy (non-hydrogen) atoms. The van der Waals surface area contributed by atoms with Crippen LogP contribution >= 0.6 is 0 Å². The lowest BCUT2D eigenvalue weighted by Crippen LogP contribution is -2.42. The Morgan fingerprint density at radius 2 is 2.06 bits per heavy atom. The first-order chi connectivity index (χ1) is 7.98. The van der Waals surface area contributed by atoms with Crippen LogP contribution in [-0.2, 0) is 16.3 Å². The predicted molar refractivity (Wildman–Crippen MR) is 66.5 cm³/mol. The molecule has 0 saturated carbocycles. The molecule has 94 valence electrons. The van der Waals surface area contributed by atoms with E-state index in [1.807, 2.05) is 12.1 Å². The number of benzene rings is 1. The van der Waals surface area contributed by atoms with Crippen molar-refractivity contribution in [3.63, 3.8) is 0 Å². The van der Waals surface area contributed by atoms with Gasteiger partial charge in [-0.1, -0.05) is 18.2 Å². The van der Waals surface area contributed by atoms with Gasteiger partial charge in [0.1, 0.15) is 5.75 Å². The molecule has 1 heterocycles. The van der Waals surface area contributed by atoms with E-state index in [0.717, 1.165) is 5.56 Å². The maximum absolute atomic E-state index is 11.6. The largest absolute Gasteiger partial charge is 0.508 e. The van der Waals surface area contributed by atoms with Gasteiger partial charge in [-0.2, -0.15) is 0 Å². The van der Waals surface area contributed by atoms with Crippen LogP contribution in [0.15, 0.2) is 24.3 Å². The number of para-hydroxylation sites is 1. The molecule has 1 aromatic rings. The number of hydrogen-bond acceptors (Lipinski definition) is 4. The molecule has 0 radical (unpaired) electrons. The molecule has 1 aliphatic heterocycles. The van der Waals surface area contributed by atoms with E-state index in [4.69, 9.17) is 5.73 Å². The zero-order chi connectivity index (χ0) is 12.5. The maximum atomic E-state index is 11.6. The third-order valence-corrected chi connectivity index (χ3v) is 5.10. The molecule has 1 saturated heterocycles. The summed E-state index contributed by atoms with van der Waals surface area (Å²) in [6, 6.07) is 6.90. The third kappa shape index (κ3) is 2.98. The van der Waals surface area contributed by atoms with Crippen molar-refractivity contribution in [2.75, 3.05) is 11.5 Å². The van der Waals surface area contributed by atoms with Gasteiger partial charge in [-0.25, -0.2) is 8.42 Å². The molecular weight excluding hydrogens is 238 g/mol. The summed E-state index contributed by atoms with van der Waals surface area (Å²) in [5, 5.41) is 9.67. The van der Waals surface area contributed by atoms with Crippen LogP contribution in [0.2, 0.25) is 0 Å². The molecule has 5 heteroatoms. The van der Waals surface area contributed by atoms with Crippen LogP contribution in [0.25, 0.3) is 0 Å². The topological polar surface area (TPSA) is 80.4 Å². The van der Waals surface area contributed by atoms with Crippen LogP contribution in [0.3, 0.4) is 0 Å². The second-order valence-corrected chi connectivity index (χ2v) is 6.89. The van der Waals surface area contributed by atoms with Crippen molar-refractivity contribution in [1.82, 2.24) is 0 Å². The first-order valence-electron chi connectivity index (χ1n) is 5.71. The van der Waals surface area contributed by atoms with E-state index in [0.29, 0.717) is 12.8 Å². The summed E-state index contributed by atoms with van der Waals surface area (Å²) < 4.78 is 23.1. The van der Waals surface area contributed by atoms with Crippen LogP contribution < -0.4 is 5.73 Å². The first-order valence-corrected chi connectivity index (χ1v) is 7.53. The number of nitrogens with two attached hydrogens (primary N) is 1. The summed E-state index contributed by atoms with van der Waals surface area (Å²) in [7, 11) is -2.96. The smallest absolute Gasteiger partial charge is 0.150 e. The van der Waals surface area contributed by atoms with Crippen LogP contribution in [0.5, 0.6) is 5.75 Å². The van der Waals surface area contributed by atoms with Crippen LogP contribution in [0.1, 0.15) is 12.0 Å². The Bertz CT molecular complexity index is 498. The Labute approximate surface area is 101 Å². The van der Waals surface area contributed by atoms with Gasteiger partial charge in [0.2, 0.25) is 0 Å². The summed E-state index contributed by atoms with van der Waals surface area (Å²) in [5.41, 5.74) is 6.72. The van der Waals surface area contributed by atoms with E-state index in [1.165, 1.54) is 0 Å². The highest BCUT2D eigenvalue weighted by Crippen LogP contribution is 2.25. The zero-order valence-electron chi connectivity index (χ0n) is 9.54. The Hall–Kier alpha value is -1.07. The third-order valence-electron chi connectivity index (χ3n) is 3.31. The molecule has 3 N–H and O–H groups in total. The molecule has 0 bridgehead atoms. The second kappa shape index (κ2) is 4.66. The van der Waals surface area contributed by atoms with Crippen LogP contribution in [0.4, 0.5) is 0 Å². The molecule has 0 spiro atoms. The Morgan fingerprint density at radius 1 is 1.35 bits per heavy atom. The fraction of sp³-hybridized carbons (Fsp3) is 0.500. The molecule has 4 nitrogen and oxygen atoms in total. The summed E-state index contributed by atoms with van der Waals surface area (Å²) >= 11 is 0. The Morgan fingerprint density at radius 3 is 2.76 bits per heavy atom. The normalized spacial score (nSPS) is 27.8. The molecule has 0 amide bonds. The lowest BCUT2D eigenvalue weighted by Gasteiger charge is -2.28. The van der Waals surface area contributed by atoms with Gasteiger partial charge in [-0.3, -0.25) is 0 Å². The van der Waals surface area contributed by atoms with Gasteiger partial charge in [0.25, 0.3) is 0 Å². The highest BCUT2D eigenvalue weighted by molar-refractivity contribution is 7.91. The Balaban J connectivity index is 2.15. The van der Waals surface area contributed by atoms with Crippen LogP contribution in [-0.4, -0.2) is 31.1 Å². The van der Waals surface area contributed by atoms with E-state index in [2.05, 4.69) is 0 Å². The molecule has 0 aromatic heterocycles. The van der Waals surface area contributed by atoms with Crippen molar-refractivity contribution in [3.05, 3.63) is 29.8 Å². The number of phenolic OH excluding ortho intramolecular Hbond substituents is 1. The summed E-state index contributed by atoms with van der Waals surface area (Å²) in [4.78, 5) is 0. The van der Waals surface area contributed by atoms with Crippen molar-refractivity contribution in [2.24, 2.45) is 11.7 Å². The van der Waals surface area contributed by atoms with Crippen molar-refractivity contribution in [3.8, 4) is 5.75 Å². The van der Waals surface area contributed by atoms with E-state index in [1.54, 1.807) is 12.1 Å². The van der Waals surface area contributed by atoms with Crippen molar-refractivity contribution in [1.29, 1.82) is 0 Å². The van der Waals surface area contributed by atoms with Gasteiger partial charge in [0.15, 0.2) is 9.84 Å². The fourth-order valence-electron chi connectivity index (χ4n) is 2.26. The monoisotopic (exact) mass is 255 g/mol. The standard InChI is InChI=1S/C12H17NO3S/c13-11-5-6-17(15,16)8-10(11)7-9-3-1-2-4-12(9)14/h1-4,10-11,14H,5-8,13H2. The number of sulfone groups is 1. The average Bonchev–Trinajstić information content (AvgIpc) is 2.26. The minimum absolute atomic E-state index is 0.0953. The molecule has 0 aliphatic carbocycles. The maximum Gasteiger partial charge on any atom is 0.150 e. The highest BCUT2D eigenvalue weighted by atomic mass is 32.2. The summed E-state index contributed by atoms with van der Waals surface area (Å²) in [6.07, 6.45) is 1.04. The molecule has 2 unspecified atom stereocenters. The van der Waals surface area contributed by atoms with Gasteiger partial charge < -0.3 is 10.8 Å². The molecule has 1 fully saturated rings. The van der Waals surface area contributed by atoms with E-state index in [9.17, 15) is 13.5 Å². The van der Waals surface area contributed by atoms with Gasteiger partial charge in [-0.05, 0) is 30.4 Å². The second-order valence-electron chi connectivity index (χ2n) is 4.66. The molecule has 1 aromatic carbocycles. The molecule has 2 atom stereocenters. The van der Waals surface area contributed by atoms with Gasteiger partial charge >= 0.3 is 0 Å². The predicted octanol–water partition coefficient (Wildman–Crippen LogP) is 0.697. The minimum atomic E-state index is -2.96. The first kappa shape index (κ1) is 12.4. The number of rotatable bonds is 2. The van der Waals surface area contributed by atoms with Crippen molar-refractivity contribution >= 4 is 9.84 Å². The van der Waals surface area contributed by atoms with Gasteiger partial charge in [-0.15, -0.1) is 0 Å². The minimum Gasteiger partial charge on any atom is -0.508 e. The number of aromatic hydroxyl groups is 1. The van der Waals surface area contributed by atoms with Crippen molar-refractivity contribution in [2.45, 2.75) is 18.9 Å². The van der Waals surface area contributed by atoms with E-state index < -0.39 is 9.84 Å². The quantitative estimate of drug-likeness (QED) is 0.815. The molecule has 2 rings (SSSR count). The number of phenols is 1. The van der Waals surface area contributed by atoms with Gasteiger partial charge in [0.05, 0.1) is 11.5 Å². The molecular formula is C12H17NO3S. The summed E-state index contributed by atoms with van der Waals surface area (Å²) in [5.74, 6) is 0.429. The van der Waals surface area contributed by atoms with Gasteiger partial charge in [0, 0.05) is 6.04 Å².